The summed E-state index contributed by atoms with van der Waals surface area (Å²) in [4.78, 5) is 13.7. The molecule has 1 aromatic rings. The van der Waals surface area contributed by atoms with Gasteiger partial charge in [0, 0.05) is 18.7 Å². The molecule has 3 nitrogen and oxygen atoms in total. The van der Waals surface area contributed by atoms with Crippen molar-refractivity contribution in [1.82, 2.24) is 4.90 Å². The SMILES string of the molecule is NCC1CCN(C(=O)c2cccc(F)c2)C1. The fourth-order valence-electron chi connectivity index (χ4n) is 2.01. The van der Waals surface area contributed by atoms with Crippen LogP contribution in [-0.2, 0) is 0 Å². The Morgan fingerprint density at radius 3 is 3.00 bits per heavy atom. The molecule has 0 spiro atoms. The summed E-state index contributed by atoms with van der Waals surface area (Å²) in [6.45, 7) is 2.01. The highest BCUT2D eigenvalue weighted by atomic mass is 19.1. The lowest BCUT2D eigenvalue weighted by atomic mass is 10.1. The Balaban J connectivity index is 2.08. The van der Waals surface area contributed by atoms with Gasteiger partial charge < -0.3 is 10.6 Å². The van der Waals surface area contributed by atoms with Gasteiger partial charge in [0.2, 0.25) is 0 Å². The molecule has 0 bridgehead atoms. The number of benzene rings is 1. The fraction of sp³-hybridized carbons (Fsp3) is 0.417. The van der Waals surface area contributed by atoms with E-state index in [4.69, 9.17) is 5.73 Å². The lowest BCUT2D eigenvalue weighted by Gasteiger charge is -2.16. The quantitative estimate of drug-likeness (QED) is 0.818. The summed E-state index contributed by atoms with van der Waals surface area (Å²) in [5.74, 6) is -0.0895. The molecule has 2 rings (SSSR count). The molecule has 1 aromatic carbocycles. The van der Waals surface area contributed by atoms with E-state index in [1.54, 1.807) is 17.0 Å². The van der Waals surface area contributed by atoms with Crippen LogP contribution >= 0.6 is 0 Å². The zero-order valence-corrected chi connectivity index (χ0v) is 9.03. The van der Waals surface area contributed by atoms with E-state index in [0.29, 0.717) is 24.6 Å². The van der Waals surface area contributed by atoms with Crippen molar-refractivity contribution in [2.24, 2.45) is 11.7 Å². The Morgan fingerprint density at radius 2 is 2.38 bits per heavy atom. The molecule has 1 heterocycles. The molecule has 1 aliphatic rings. The first kappa shape index (κ1) is 11.1. The molecule has 1 aliphatic heterocycles. The van der Waals surface area contributed by atoms with E-state index in [2.05, 4.69) is 0 Å². The van der Waals surface area contributed by atoms with E-state index in [9.17, 15) is 9.18 Å². The first-order valence-electron chi connectivity index (χ1n) is 5.45. The van der Waals surface area contributed by atoms with Gasteiger partial charge in [-0.15, -0.1) is 0 Å². The number of carbonyl (C=O) groups is 1. The molecule has 1 unspecified atom stereocenters. The van der Waals surface area contributed by atoms with Crippen LogP contribution in [0, 0.1) is 11.7 Å². The monoisotopic (exact) mass is 222 g/mol. The van der Waals surface area contributed by atoms with Crippen molar-refractivity contribution in [3.05, 3.63) is 35.6 Å². The van der Waals surface area contributed by atoms with Gasteiger partial charge in [0.1, 0.15) is 5.82 Å². The Morgan fingerprint density at radius 1 is 1.56 bits per heavy atom. The summed E-state index contributed by atoms with van der Waals surface area (Å²) in [6.07, 6.45) is 0.942. The van der Waals surface area contributed by atoms with Crippen LogP contribution < -0.4 is 5.73 Å². The van der Waals surface area contributed by atoms with Crippen molar-refractivity contribution in [1.29, 1.82) is 0 Å². The van der Waals surface area contributed by atoms with Crippen molar-refractivity contribution in [2.75, 3.05) is 19.6 Å². The predicted octanol–water partition coefficient (Wildman–Crippen LogP) is 1.25. The molecule has 0 saturated carbocycles. The molecule has 0 radical (unpaired) electrons. The number of nitrogens with two attached hydrogens (primary N) is 1. The number of halogens is 1. The first-order valence-corrected chi connectivity index (χ1v) is 5.45. The van der Waals surface area contributed by atoms with Crippen molar-refractivity contribution >= 4 is 5.91 Å². The Labute approximate surface area is 94.0 Å². The normalized spacial score (nSPS) is 20.1. The molecular formula is C12H15FN2O. The molecule has 1 atom stereocenters. The van der Waals surface area contributed by atoms with Crippen LogP contribution in [0.2, 0.25) is 0 Å². The average molecular weight is 222 g/mol. The van der Waals surface area contributed by atoms with Gasteiger partial charge in [-0.3, -0.25) is 4.79 Å². The van der Waals surface area contributed by atoms with Gasteiger partial charge in [-0.1, -0.05) is 6.07 Å². The van der Waals surface area contributed by atoms with E-state index in [0.717, 1.165) is 13.0 Å². The summed E-state index contributed by atoms with van der Waals surface area (Å²) < 4.78 is 13.0. The third-order valence-electron chi connectivity index (χ3n) is 2.98. The number of carbonyl (C=O) groups excluding carboxylic acids is 1. The van der Waals surface area contributed by atoms with Crippen LogP contribution in [0.15, 0.2) is 24.3 Å². The molecule has 1 saturated heterocycles. The number of likely N-dealkylation sites (tertiary alicyclic amines) is 1. The highest BCUT2D eigenvalue weighted by molar-refractivity contribution is 5.94. The summed E-state index contributed by atoms with van der Waals surface area (Å²) in [6, 6.07) is 5.81. The number of hydrogen-bond donors (Lipinski definition) is 1. The second-order valence-corrected chi connectivity index (χ2v) is 4.15. The topological polar surface area (TPSA) is 46.3 Å². The summed E-state index contributed by atoms with van der Waals surface area (Å²) in [7, 11) is 0. The van der Waals surface area contributed by atoms with Crippen LogP contribution in [0.3, 0.4) is 0 Å². The van der Waals surface area contributed by atoms with Crippen LogP contribution in [0.25, 0.3) is 0 Å². The van der Waals surface area contributed by atoms with Crippen molar-refractivity contribution in [2.45, 2.75) is 6.42 Å². The van der Waals surface area contributed by atoms with Crippen molar-refractivity contribution < 1.29 is 9.18 Å². The summed E-state index contributed by atoms with van der Waals surface area (Å²) >= 11 is 0. The average Bonchev–Trinajstić information content (AvgIpc) is 2.76. The smallest absolute Gasteiger partial charge is 0.253 e. The van der Waals surface area contributed by atoms with E-state index < -0.39 is 0 Å². The second-order valence-electron chi connectivity index (χ2n) is 4.15. The maximum atomic E-state index is 13.0. The minimum Gasteiger partial charge on any atom is -0.338 e. The third kappa shape index (κ3) is 2.22. The van der Waals surface area contributed by atoms with Gasteiger partial charge in [-0.2, -0.15) is 0 Å². The largest absolute Gasteiger partial charge is 0.338 e. The molecule has 1 fully saturated rings. The minimum atomic E-state index is -0.375. The Kier molecular flexibility index (Phi) is 3.19. The summed E-state index contributed by atoms with van der Waals surface area (Å²) in [5, 5.41) is 0. The van der Waals surface area contributed by atoms with Gasteiger partial charge in [0.05, 0.1) is 0 Å². The number of rotatable bonds is 2. The maximum Gasteiger partial charge on any atom is 0.253 e. The number of amides is 1. The lowest BCUT2D eigenvalue weighted by molar-refractivity contribution is 0.0787. The molecule has 0 aromatic heterocycles. The fourth-order valence-corrected chi connectivity index (χ4v) is 2.01. The van der Waals surface area contributed by atoms with E-state index >= 15 is 0 Å². The van der Waals surface area contributed by atoms with Gasteiger partial charge in [0.15, 0.2) is 0 Å². The van der Waals surface area contributed by atoms with Crippen LogP contribution in [-0.4, -0.2) is 30.4 Å². The van der Waals surface area contributed by atoms with Gasteiger partial charge >= 0.3 is 0 Å². The second kappa shape index (κ2) is 4.61. The lowest BCUT2D eigenvalue weighted by Crippen LogP contribution is -2.29. The van der Waals surface area contributed by atoms with Gasteiger partial charge in [-0.25, -0.2) is 4.39 Å². The zero-order valence-electron chi connectivity index (χ0n) is 9.03. The Hall–Kier alpha value is -1.42. The molecule has 1 amide bonds. The highest BCUT2D eigenvalue weighted by Crippen LogP contribution is 2.17. The highest BCUT2D eigenvalue weighted by Gasteiger charge is 2.25. The van der Waals surface area contributed by atoms with E-state index in [1.807, 2.05) is 0 Å². The molecule has 0 aliphatic carbocycles. The standard InChI is InChI=1S/C12H15FN2O/c13-11-3-1-2-10(6-11)12(16)15-5-4-9(7-14)8-15/h1-3,6,9H,4-5,7-8,14H2. The third-order valence-corrected chi connectivity index (χ3v) is 2.98. The molecule has 4 heteroatoms. The minimum absolute atomic E-state index is 0.101. The van der Waals surface area contributed by atoms with Gasteiger partial charge in [-0.05, 0) is 37.1 Å². The number of nitrogens with zero attached hydrogens (tertiary/aromatic N) is 1. The number of hydrogen-bond acceptors (Lipinski definition) is 2. The Bertz CT molecular complexity index is 394. The van der Waals surface area contributed by atoms with Gasteiger partial charge in [0.25, 0.3) is 5.91 Å². The van der Waals surface area contributed by atoms with Crippen molar-refractivity contribution in [3.63, 3.8) is 0 Å². The maximum absolute atomic E-state index is 13.0. The van der Waals surface area contributed by atoms with Crippen molar-refractivity contribution in [3.8, 4) is 0 Å². The van der Waals surface area contributed by atoms with E-state index in [1.165, 1.54) is 12.1 Å². The molecule has 16 heavy (non-hydrogen) atoms. The molecule has 86 valence electrons. The van der Waals surface area contributed by atoms with Crippen LogP contribution in [0.4, 0.5) is 4.39 Å². The van der Waals surface area contributed by atoms with E-state index in [-0.39, 0.29) is 11.7 Å². The predicted molar refractivity (Wildman–Crippen MR) is 59.5 cm³/mol. The van der Waals surface area contributed by atoms with Crippen LogP contribution in [0.5, 0.6) is 0 Å². The van der Waals surface area contributed by atoms with Crippen LogP contribution in [0.1, 0.15) is 16.8 Å². The summed E-state index contributed by atoms with van der Waals surface area (Å²) in [5.41, 5.74) is 5.98. The zero-order chi connectivity index (χ0) is 11.5. The molecular weight excluding hydrogens is 207 g/mol. The molecule has 2 N–H and O–H groups in total. The first-order chi connectivity index (χ1) is 7.70.